The Balaban J connectivity index is 1.47. The number of urea groups is 1. The SMILES string of the molecule is CO[C@@H]1C[C@H](C(=O)Nc2ccc3c(c2)CCN(C)[C@H]3C)N(C(=O)Nc2ccc(Br)cc2)C1. The Kier molecular flexibility index (Phi) is 6.83. The first-order valence-corrected chi connectivity index (χ1v) is 11.6. The van der Waals surface area contributed by atoms with Gasteiger partial charge in [-0.05, 0) is 67.9 Å². The summed E-state index contributed by atoms with van der Waals surface area (Å²) in [5.41, 5.74) is 4.00. The van der Waals surface area contributed by atoms with Gasteiger partial charge in [0.2, 0.25) is 5.91 Å². The van der Waals surface area contributed by atoms with Crippen molar-refractivity contribution >= 4 is 39.2 Å². The lowest BCUT2D eigenvalue weighted by molar-refractivity contribution is -0.119. The maximum Gasteiger partial charge on any atom is 0.322 e. The van der Waals surface area contributed by atoms with Gasteiger partial charge < -0.3 is 20.3 Å². The summed E-state index contributed by atoms with van der Waals surface area (Å²) in [6.45, 7) is 3.56. The Bertz CT molecular complexity index is 997. The molecule has 0 aliphatic carbocycles. The van der Waals surface area contributed by atoms with Gasteiger partial charge in [0.1, 0.15) is 6.04 Å². The fraction of sp³-hybridized carbons (Fsp3) is 0.417. The molecule has 0 bridgehead atoms. The van der Waals surface area contributed by atoms with Crippen LogP contribution in [0.5, 0.6) is 0 Å². The van der Waals surface area contributed by atoms with E-state index in [2.05, 4.69) is 57.6 Å². The van der Waals surface area contributed by atoms with E-state index >= 15 is 0 Å². The molecule has 0 aromatic heterocycles. The van der Waals surface area contributed by atoms with Gasteiger partial charge in [-0.3, -0.25) is 9.69 Å². The first-order chi connectivity index (χ1) is 15.4. The average molecular weight is 501 g/mol. The van der Waals surface area contributed by atoms with Crippen LogP contribution in [0.25, 0.3) is 0 Å². The number of nitrogens with zero attached hydrogens (tertiary/aromatic N) is 2. The van der Waals surface area contributed by atoms with Crippen molar-refractivity contribution in [2.45, 2.75) is 38.0 Å². The van der Waals surface area contributed by atoms with Gasteiger partial charge in [-0.15, -0.1) is 0 Å². The third-order valence-electron chi connectivity index (χ3n) is 6.51. The molecule has 0 spiro atoms. The van der Waals surface area contributed by atoms with Crippen LogP contribution in [0.3, 0.4) is 0 Å². The number of hydrogen-bond acceptors (Lipinski definition) is 4. The van der Waals surface area contributed by atoms with E-state index in [1.54, 1.807) is 12.0 Å². The molecule has 3 atom stereocenters. The van der Waals surface area contributed by atoms with E-state index in [0.717, 1.165) is 23.1 Å². The number of nitrogens with one attached hydrogen (secondary N) is 2. The molecule has 0 unspecified atom stereocenters. The van der Waals surface area contributed by atoms with Crippen LogP contribution in [0.15, 0.2) is 46.9 Å². The number of anilines is 2. The summed E-state index contributed by atoms with van der Waals surface area (Å²) in [4.78, 5) is 30.0. The van der Waals surface area contributed by atoms with E-state index in [1.807, 2.05) is 30.3 Å². The summed E-state index contributed by atoms with van der Waals surface area (Å²) in [5.74, 6) is -0.198. The quantitative estimate of drug-likeness (QED) is 0.657. The molecule has 1 saturated heterocycles. The van der Waals surface area contributed by atoms with E-state index < -0.39 is 6.04 Å². The third-order valence-corrected chi connectivity index (χ3v) is 7.04. The zero-order valence-electron chi connectivity index (χ0n) is 18.6. The van der Waals surface area contributed by atoms with Crippen molar-refractivity contribution in [2.75, 3.05) is 37.9 Å². The first-order valence-electron chi connectivity index (χ1n) is 10.9. The molecule has 2 aliphatic heterocycles. The molecule has 2 N–H and O–H groups in total. The number of halogens is 1. The largest absolute Gasteiger partial charge is 0.380 e. The number of benzene rings is 2. The molecule has 3 amide bonds. The number of amides is 3. The fourth-order valence-corrected chi connectivity index (χ4v) is 4.70. The lowest BCUT2D eigenvalue weighted by atomic mass is 9.93. The summed E-state index contributed by atoms with van der Waals surface area (Å²) in [5, 5.41) is 5.91. The standard InChI is InChI=1S/C24H29BrN4O3/c1-15-21-9-8-19(12-16(21)10-11-28(15)2)26-23(30)22-13-20(32-3)14-29(22)24(31)27-18-6-4-17(25)5-7-18/h4-9,12,15,20,22H,10-11,13-14H2,1-3H3,(H,26,30)(H,27,31)/t15-,20+,22+/m0/s1. The van der Waals surface area contributed by atoms with Crippen LogP contribution in [-0.4, -0.2) is 61.1 Å². The second-order valence-electron chi connectivity index (χ2n) is 8.51. The second-order valence-corrected chi connectivity index (χ2v) is 9.42. The fourth-order valence-electron chi connectivity index (χ4n) is 4.43. The third kappa shape index (κ3) is 4.82. The molecule has 32 heavy (non-hydrogen) atoms. The zero-order chi connectivity index (χ0) is 22.8. The van der Waals surface area contributed by atoms with Gasteiger partial charge in [-0.2, -0.15) is 0 Å². The minimum absolute atomic E-state index is 0.179. The van der Waals surface area contributed by atoms with Gasteiger partial charge in [0.15, 0.2) is 0 Å². The van der Waals surface area contributed by atoms with Crippen LogP contribution in [-0.2, 0) is 16.0 Å². The van der Waals surface area contributed by atoms with Crippen LogP contribution in [0, 0.1) is 0 Å². The topological polar surface area (TPSA) is 73.9 Å². The van der Waals surface area contributed by atoms with Crippen molar-refractivity contribution in [1.29, 1.82) is 0 Å². The number of methoxy groups -OCH3 is 1. The first kappa shape index (κ1) is 22.8. The molecule has 2 aliphatic rings. The summed E-state index contributed by atoms with van der Waals surface area (Å²) in [6.07, 6.45) is 1.24. The monoisotopic (exact) mass is 500 g/mol. The maximum absolute atomic E-state index is 13.2. The molecular weight excluding hydrogens is 472 g/mol. The van der Waals surface area contributed by atoms with Gasteiger partial charge in [-0.25, -0.2) is 4.79 Å². The molecule has 170 valence electrons. The molecule has 2 aromatic rings. The molecule has 2 heterocycles. The highest BCUT2D eigenvalue weighted by Crippen LogP contribution is 2.30. The highest BCUT2D eigenvalue weighted by molar-refractivity contribution is 9.10. The van der Waals surface area contributed by atoms with Gasteiger partial charge >= 0.3 is 6.03 Å². The Labute approximate surface area is 197 Å². The van der Waals surface area contributed by atoms with E-state index in [4.69, 9.17) is 4.74 Å². The minimum atomic E-state index is -0.600. The van der Waals surface area contributed by atoms with E-state index in [-0.39, 0.29) is 18.0 Å². The molecule has 4 rings (SSSR count). The van der Waals surface area contributed by atoms with Crippen molar-refractivity contribution in [1.82, 2.24) is 9.80 Å². The van der Waals surface area contributed by atoms with Crippen LogP contribution in [0.2, 0.25) is 0 Å². The number of fused-ring (bicyclic) bond motifs is 1. The molecule has 0 saturated carbocycles. The smallest absolute Gasteiger partial charge is 0.322 e. The number of hydrogen-bond donors (Lipinski definition) is 2. The second kappa shape index (κ2) is 9.60. The van der Waals surface area contributed by atoms with Crippen molar-refractivity contribution in [3.63, 3.8) is 0 Å². The lowest BCUT2D eigenvalue weighted by Crippen LogP contribution is -2.45. The molecule has 8 heteroatoms. The van der Waals surface area contributed by atoms with E-state index in [9.17, 15) is 9.59 Å². The highest BCUT2D eigenvalue weighted by Gasteiger charge is 2.40. The Hall–Kier alpha value is -2.42. The molecule has 1 fully saturated rings. The lowest BCUT2D eigenvalue weighted by Gasteiger charge is -2.32. The normalized spacial score (nSPS) is 23.0. The summed E-state index contributed by atoms with van der Waals surface area (Å²) in [7, 11) is 3.74. The number of likely N-dealkylation sites (tertiary alicyclic amines) is 1. The van der Waals surface area contributed by atoms with Crippen LogP contribution in [0.1, 0.15) is 30.5 Å². The van der Waals surface area contributed by atoms with E-state index in [0.29, 0.717) is 24.7 Å². The van der Waals surface area contributed by atoms with Gasteiger partial charge in [0, 0.05) is 48.5 Å². The predicted octanol–water partition coefficient (Wildman–Crippen LogP) is 4.26. The van der Waals surface area contributed by atoms with Gasteiger partial charge in [0.05, 0.1) is 6.10 Å². The summed E-state index contributed by atoms with van der Waals surface area (Å²) >= 11 is 3.39. The Morgan fingerprint density at radius 1 is 1.09 bits per heavy atom. The van der Waals surface area contributed by atoms with Crippen molar-refractivity contribution in [2.24, 2.45) is 0 Å². The van der Waals surface area contributed by atoms with Gasteiger partial charge in [0.25, 0.3) is 0 Å². The molecule has 0 radical (unpaired) electrons. The summed E-state index contributed by atoms with van der Waals surface area (Å²) < 4.78 is 6.40. The predicted molar refractivity (Wildman–Crippen MR) is 129 cm³/mol. The van der Waals surface area contributed by atoms with Crippen molar-refractivity contribution in [3.05, 3.63) is 58.1 Å². The van der Waals surface area contributed by atoms with Crippen molar-refractivity contribution in [3.8, 4) is 0 Å². The number of ether oxygens (including phenoxy) is 1. The maximum atomic E-state index is 13.2. The Morgan fingerprint density at radius 2 is 1.81 bits per heavy atom. The number of carbonyl (C=O) groups excluding carboxylic acids is 2. The Morgan fingerprint density at radius 3 is 2.53 bits per heavy atom. The summed E-state index contributed by atoms with van der Waals surface area (Å²) in [6, 6.07) is 12.9. The van der Waals surface area contributed by atoms with Crippen LogP contribution >= 0.6 is 15.9 Å². The molecule has 2 aromatic carbocycles. The van der Waals surface area contributed by atoms with E-state index in [1.165, 1.54) is 11.1 Å². The van der Waals surface area contributed by atoms with Crippen LogP contribution < -0.4 is 10.6 Å². The number of carbonyl (C=O) groups is 2. The van der Waals surface area contributed by atoms with Crippen LogP contribution in [0.4, 0.5) is 16.2 Å². The van der Waals surface area contributed by atoms with Gasteiger partial charge in [-0.1, -0.05) is 22.0 Å². The number of likely N-dealkylation sites (N-methyl/N-ethyl adjacent to an activating group) is 1. The zero-order valence-corrected chi connectivity index (χ0v) is 20.2. The van der Waals surface area contributed by atoms with Crippen molar-refractivity contribution < 1.29 is 14.3 Å². The molecule has 7 nitrogen and oxygen atoms in total. The minimum Gasteiger partial charge on any atom is -0.380 e. The molecular formula is C24H29BrN4O3. The number of rotatable bonds is 4. The average Bonchev–Trinajstić information content (AvgIpc) is 3.23. The highest BCUT2D eigenvalue weighted by atomic mass is 79.9.